The maximum Gasteiger partial charge on any atom is 0.312 e. The molecule has 0 aliphatic carbocycles. The number of phenols is 1. The fraction of sp³-hybridized carbons (Fsp3) is 0.0476. The standard InChI is InChI=1S/C21H16BrN3O5/c22-17-11-14(12-18(19(17)26)25(29)30)13-23-24-20(27)21(28,15-7-3-1-4-8-15)16-9-5-2-6-10-16/h1-13,26,28H,(H,24,27). The van der Waals surface area contributed by atoms with Crippen LogP contribution in [-0.2, 0) is 10.4 Å². The molecule has 0 radical (unpaired) electrons. The Balaban J connectivity index is 1.90. The van der Waals surface area contributed by atoms with E-state index in [1.54, 1.807) is 60.7 Å². The fourth-order valence-electron chi connectivity index (χ4n) is 2.85. The first kappa shape index (κ1) is 21.2. The van der Waals surface area contributed by atoms with Crippen LogP contribution in [0.5, 0.6) is 5.75 Å². The number of halogens is 1. The van der Waals surface area contributed by atoms with Crippen LogP contribution < -0.4 is 5.43 Å². The molecule has 0 spiro atoms. The lowest BCUT2D eigenvalue weighted by molar-refractivity contribution is -0.386. The highest BCUT2D eigenvalue weighted by molar-refractivity contribution is 9.10. The summed E-state index contributed by atoms with van der Waals surface area (Å²) >= 11 is 3.04. The Hall–Kier alpha value is -3.56. The summed E-state index contributed by atoms with van der Waals surface area (Å²) in [6, 6.07) is 19.3. The molecule has 0 bridgehead atoms. The number of carbonyl (C=O) groups excluding carboxylic acids is 1. The maximum atomic E-state index is 12.9. The fourth-order valence-corrected chi connectivity index (χ4v) is 3.32. The number of amides is 1. The molecule has 0 saturated carbocycles. The number of aromatic hydroxyl groups is 1. The summed E-state index contributed by atoms with van der Waals surface area (Å²) in [5.41, 5.74) is 0.740. The van der Waals surface area contributed by atoms with Gasteiger partial charge in [-0.15, -0.1) is 0 Å². The highest BCUT2D eigenvalue weighted by Crippen LogP contribution is 2.34. The third-order valence-corrected chi connectivity index (χ3v) is 4.96. The molecule has 0 aliphatic rings. The van der Waals surface area contributed by atoms with Crippen molar-refractivity contribution in [2.75, 3.05) is 0 Å². The molecule has 9 heteroatoms. The van der Waals surface area contributed by atoms with Gasteiger partial charge in [-0.3, -0.25) is 14.9 Å². The van der Waals surface area contributed by atoms with E-state index in [-0.39, 0.29) is 10.0 Å². The lowest BCUT2D eigenvalue weighted by Gasteiger charge is -2.27. The molecular formula is C21H16BrN3O5. The number of hydrazone groups is 1. The Labute approximate surface area is 179 Å². The Kier molecular flexibility index (Phi) is 6.24. The molecule has 3 aromatic rings. The minimum atomic E-state index is -2.00. The van der Waals surface area contributed by atoms with Crippen LogP contribution in [-0.4, -0.2) is 27.3 Å². The van der Waals surface area contributed by atoms with Gasteiger partial charge in [0.05, 0.1) is 15.6 Å². The van der Waals surface area contributed by atoms with E-state index in [9.17, 15) is 25.1 Å². The van der Waals surface area contributed by atoms with Crippen molar-refractivity contribution in [2.45, 2.75) is 5.60 Å². The van der Waals surface area contributed by atoms with E-state index in [2.05, 4.69) is 26.5 Å². The molecule has 0 saturated heterocycles. The van der Waals surface area contributed by atoms with Gasteiger partial charge in [0.2, 0.25) is 5.75 Å². The molecule has 3 rings (SSSR count). The Morgan fingerprint density at radius 2 is 1.60 bits per heavy atom. The van der Waals surface area contributed by atoms with Crippen molar-refractivity contribution in [3.8, 4) is 5.75 Å². The second-order valence-electron chi connectivity index (χ2n) is 6.27. The molecule has 0 fully saturated rings. The smallest absolute Gasteiger partial charge is 0.312 e. The molecule has 3 N–H and O–H groups in total. The summed E-state index contributed by atoms with van der Waals surface area (Å²) in [5.74, 6) is -1.31. The minimum Gasteiger partial charge on any atom is -0.501 e. The molecule has 0 atom stereocenters. The van der Waals surface area contributed by atoms with Crippen molar-refractivity contribution >= 4 is 33.7 Å². The monoisotopic (exact) mass is 469 g/mol. The van der Waals surface area contributed by atoms with Gasteiger partial charge in [-0.1, -0.05) is 60.7 Å². The molecule has 1 amide bonds. The molecule has 8 nitrogen and oxygen atoms in total. The molecule has 0 heterocycles. The van der Waals surface area contributed by atoms with E-state index in [0.717, 1.165) is 6.07 Å². The van der Waals surface area contributed by atoms with E-state index < -0.39 is 27.9 Å². The van der Waals surface area contributed by atoms with Crippen molar-refractivity contribution in [3.63, 3.8) is 0 Å². The lowest BCUT2D eigenvalue weighted by Crippen LogP contribution is -2.43. The molecule has 0 aliphatic heterocycles. The number of hydrogen-bond acceptors (Lipinski definition) is 6. The van der Waals surface area contributed by atoms with Crippen LogP contribution in [0, 0.1) is 10.1 Å². The van der Waals surface area contributed by atoms with Crippen LogP contribution in [0.4, 0.5) is 5.69 Å². The third kappa shape index (κ3) is 4.22. The number of nitro benzene ring substituents is 1. The Bertz CT molecular complexity index is 1060. The normalized spacial score (nSPS) is 11.4. The van der Waals surface area contributed by atoms with Crippen molar-refractivity contribution < 1.29 is 19.9 Å². The van der Waals surface area contributed by atoms with Gasteiger partial charge in [-0.05, 0) is 33.1 Å². The van der Waals surface area contributed by atoms with E-state index in [0.29, 0.717) is 11.1 Å². The first-order valence-electron chi connectivity index (χ1n) is 8.68. The number of nitrogens with zero attached hydrogens (tertiary/aromatic N) is 2. The number of benzene rings is 3. The van der Waals surface area contributed by atoms with Crippen LogP contribution in [0.15, 0.2) is 82.4 Å². The number of aliphatic hydroxyl groups is 1. The summed E-state index contributed by atoms with van der Waals surface area (Å²) < 4.78 is 0.106. The first-order valence-corrected chi connectivity index (χ1v) is 9.47. The highest BCUT2D eigenvalue weighted by atomic mass is 79.9. The highest BCUT2D eigenvalue weighted by Gasteiger charge is 2.39. The average Bonchev–Trinajstić information content (AvgIpc) is 2.76. The van der Waals surface area contributed by atoms with Crippen LogP contribution in [0.3, 0.4) is 0 Å². The largest absolute Gasteiger partial charge is 0.501 e. The van der Waals surface area contributed by atoms with Crippen molar-refractivity contribution in [3.05, 3.63) is 104 Å². The Morgan fingerprint density at radius 3 is 2.10 bits per heavy atom. The predicted octanol–water partition coefficient (Wildman–Crippen LogP) is 3.45. The lowest BCUT2D eigenvalue weighted by atomic mass is 9.85. The van der Waals surface area contributed by atoms with Crippen LogP contribution >= 0.6 is 15.9 Å². The quantitative estimate of drug-likeness (QED) is 0.289. The van der Waals surface area contributed by atoms with Crippen molar-refractivity contribution in [1.29, 1.82) is 0 Å². The van der Waals surface area contributed by atoms with Gasteiger partial charge < -0.3 is 10.2 Å². The minimum absolute atomic E-state index is 0.106. The van der Waals surface area contributed by atoms with Crippen LogP contribution in [0.25, 0.3) is 0 Å². The second-order valence-corrected chi connectivity index (χ2v) is 7.12. The van der Waals surface area contributed by atoms with Gasteiger partial charge in [0.1, 0.15) is 0 Å². The second kappa shape index (κ2) is 8.85. The van der Waals surface area contributed by atoms with E-state index >= 15 is 0 Å². The number of nitro groups is 1. The molecule has 3 aromatic carbocycles. The number of carbonyl (C=O) groups is 1. The third-order valence-electron chi connectivity index (χ3n) is 4.35. The zero-order chi connectivity index (χ0) is 21.7. The van der Waals surface area contributed by atoms with Crippen LogP contribution in [0.2, 0.25) is 0 Å². The number of nitrogens with one attached hydrogen (secondary N) is 1. The molecule has 152 valence electrons. The number of phenolic OH excluding ortho intramolecular Hbond substituents is 1. The number of rotatable bonds is 6. The summed E-state index contributed by atoms with van der Waals surface area (Å²) in [7, 11) is 0. The average molecular weight is 470 g/mol. The summed E-state index contributed by atoms with van der Waals surface area (Å²) in [4.78, 5) is 23.2. The molecule has 0 aromatic heterocycles. The van der Waals surface area contributed by atoms with Gasteiger partial charge in [0, 0.05) is 11.6 Å². The number of hydrogen-bond donors (Lipinski definition) is 3. The van der Waals surface area contributed by atoms with Gasteiger partial charge in [0.25, 0.3) is 5.91 Å². The van der Waals surface area contributed by atoms with Crippen molar-refractivity contribution in [2.24, 2.45) is 5.10 Å². The summed E-state index contributed by atoms with van der Waals surface area (Å²) in [6.45, 7) is 0. The molecular weight excluding hydrogens is 454 g/mol. The topological polar surface area (TPSA) is 125 Å². The molecule has 30 heavy (non-hydrogen) atoms. The van der Waals surface area contributed by atoms with Gasteiger partial charge >= 0.3 is 5.69 Å². The van der Waals surface area contributed by atoms with Gasteiger partial charge in [-0.2, -0.15) is 5.10 Å². The van der Waals surface area contributed by atoms with Gasteiger partial charge in [-0.25, -0.2) is 5.43 Å². The van der Waals surface area contributed by atoms with Crippen molar-refractivity contribution in [1.82, 2.24) is 5.43 Å². The van der Waals surface area contributed by atoms with E-state index in [1.807, 2.05) is 0 Å². The SMILES string of the molecule is O=C(NN=Cc1cc(Br)c(O)c([N+](=O)[O-])c1)C(O)(c1ccccc1)c1ccccc1. The zero-order valence-corrected chi connectivity index (χ0v) is 17.0. The maximum absolute atomic E-state index is 12.9. The molecule has 0 unspecified atom stereocenters. The van der Waals surface area contributed by atoms with Crippen LogP contribution in [0.1, 0.15) is 16.7 Å². The predicted molar refractivity (Wildman–Crippen MR) is 114 cm³/mol. The van der Waals surface area contributed by atoms with E-state index in [4.69, 9.17) is 0 Å². The summed E-state index contributed by atoms with van der Waals surface area (Å²) in [5, 5.41) is 35.9. The van der Waals surface area contributed by atoms with Gasteiger partial charge in [0.15, 0.2) is 5.60 Å². The van der Waals surface area contributed by atoms with E-state index in [1.165, 1.54) is 12.3 Å². The first-order chi connectivity index (χ1) is 14.3. The Morgan fingerprint density at radius 1 is 1.07 bits per heavy atom. The zero-order valence-electron chi connectivity index (χ0n) is 15.4. The summed E-state index contributed by atoms with van der Waals surface area (Å²) in [6.07, 6.45) is 1.17.